The van der Waals surface area contributed by atoms with Crippen LogP contribution in [0.25, 0.3) is 0 Å². The largest absolute Gasteiger partial charge is 0.479 e. The number of hydrogen-bond donors (Lipinski definition) is 1. The molecular formula is C13H11ClN2OS. The number of aromatic nitrogens is 1. The zero-order valence-corrected chi connectivity index (χ0v) is 11.1. The number of benzene rings is 1. The quantitative estimate of drug-likeness (QED) is 0.851. The molecule has 0 spiro atoms. The molecule has 2 aromatic rings. The molecule has 0 aliphatic rings. The minimum absolute atomic E-state index is 0.255. The van der Waals surface area contributed by atoms with Crippen molar-refractivity contribution in [3.63, 3.8) is 0 Å². The number of thiazole rings is 1. The van der Waals surface area contributed by atoms with Crippen LogP contribution < -0.4 is 10.1 Å². The lowest BCUT2D eigenvalue weighted by molar-refractivity contribution is 0.372. The van der Waals surface area contributed by atoms with Crippen LogP contribution in [0.1, 0.15) is 4.88 Å². The molecule has 18 heavy (non-hydrogen) atoms. The van der Waals surface area contributed by atoms with Crippen molar-refractivity contribution in [3.8, 4) is 18.1 Å². The zero-order chi connectivity index (χ0) is 12.8. The molecule has 0 atom stereocenters. The van der Waals surface area contributed by atoms with Gasteiger partial charge in [-0.25, -0.2) is 4.98 Å². The van der Waals surface area contributed by atoms with Gasteiger partial charge in [-0.15, -0.1) is 17.8 Å². The fourth-order valence-electron chi connectivity index (χ4n) is 1.41. The van der Waals surface area contributed by atoms with E-state index in [1.807, 2.05) is 24.3 Å². The van der Waals surface area contributed by atoms with Crippen molar-refractivity contribution >= 4 is 28.6 Å². The average molecular weight is 279 g/mol. The van der Waals surface area contributed by atoms with Crippen molar-refractivity contribution in [2.24, 2.45) is 0 Å². The molecule has 3 nitrogen and oxygen atoms in total. The second-order valence-electron chi connectivity index (χ2n) is 3.42. The third kappa shape index (κ3) is 3.39. The summed E-state index contributed by atoms with van der Waals surface area (Å²) in [5.74, 6) is 3.19. The monoisotopic (exact) mass is 278 g/mol. The lowest BCUT2D eigenvalue weighted by atomic mass is 10.3. The van der Waals surface area contributed by atoms with Crippen molar-refractivity contribution in [3.05, 3.63) is 39.8 Å². The molecule has 2 rings (SSSR count). The predicted molar refractivity (Wildman–Crippen MR) is 75.2 cm³/mol. The molecule has 1 N–H and O–H groups in total. The molecule has 0 bridgehead atoms. The number of anilines is 1. The first-order chi connectivity index (χ1) is 8.79. The summed E-state index contributed by atoms with van der Waals surface area (Å²) in [7, 11) is 0. The van der Waals surface area contributed by atoms with E-state index in [-0.39, 0.29) is 6.61 Å². The van der Waals surface area contributed by atoms with Crippen LogP contribution in [0.2, 0.25) is 4.47 Å². The predicted octanol–water partition coefficient (Wildman–Crippen LogP) is 3.42. The van der Waals surface area contributed by atoms with E-state index in [9.17, 15) is 0 Å². The molecule has 5 heteroatoms. The van der Waals surface area contributed by atoms with Gasteiger partial charge in [0.2, 0.25) is 0 Å². The molecule has 0 saturated carbocycles. The molecule has 1 aromatic heterocycles. The van der Waals surface area contributed by atoms with E-state index in [1.165, 1.54) is 11.3 Å². The van der Waals surface area contributed by atoms with Crippen LogP contribution >= 0.6 is 22.9 Å². The molecule has 0 aliphatic carbocycles. The van der Waals surface area contributed by atoms with Crippen molar-refractivity contribution in [2.45, 2.75) is 6.54 Å². The van der Waals surface area contributed by atoms with Crippen molar-refractivity contribution < 1.29 is 4.74 Å². The lowest BCUT2D eigenvalue weighted by Crippen LogP contribution is -2.02. The third-order valence-corrected chi connectivity index (χ3v) is 3.29. The van der Waals surface area contributed by atoms with Gasteiger partial charge in [-0.05, 0) is 12.1 Å². The van der Waals surface area contributed by atoms with Gasteiger partial charge in [0.05, 0.1) is 12.2 Å². The Hall–Kier alpha value is -1.70. The molecule has 0 saturated heterocycles. The van der Waals surface area contributed by atoms with Gasteiger partial charge in [-0.1, -0.05) is 29.7 Å². The van der Waals surface area contributed by atoms with E-state index in [2.05, 4.69) is 16.2 Å². The Kier molecular flexibility index (Phi) is 4.46. The highest BCUT2D eigenvalue weighted by atomic mass is 35.5. The number of hydrogen-bond acceptors (Lipinski definition) is 4. The molecule has 1 heterocycles. The molecule has 0 fully saturated rings. The Morgan fingerprint density at radius 3 is 3.00 bits per heavy atom. The van der Waals surface area contributed by atoms with E-state index in [4.69, 9.17) is 22.8 Å². The zero-order valence-electron chi connectivity index (χ0n) is 9.52. The Morgan fingerprint density at radius 2 is 2.28 bits per heavy atom. The summed E-state index contributed by atoms with van der Waals surface area (Å²) in [6.07, 6.45) is 6.93. The number of ether oxygens (including phenoxy) is 1. The Balaban J connectivity index is 2.02. The number of halogens is 1. The van der Waals surface area contributed by atoms with Gasteiger partial charge in [0, 0.05) is 11.1 Å². The number of rotatable bonds is 5. The minimum atomic E-state index is 0.255. The molecule has 0 aliphatic heterocycles. The summed E-state index contributed by atoms with van der Waals surface area (Å²) >= 11 is 7.22. The summed E-state index contributed by atoms with van der Waals surface area (Å²) in [6, 6.07) is 7.65. The standard InChI is InChI=1S/C13H11ClN2OS/c1-2-7-17-12-6-4-3-5-11(12)15-8-10-9-16-13(14)18-10/h1,3-6,9,15H,7-8H2. The maximum atomic E-state index is 5.77. The third-order valence-electron chi connectivity index (χ3n) is 2.18. The van der Waals surface area contributed by atoms with Gasteiger partial charge >= 0.3 is 0 Å². The van der Waals surface area contributed by atoms with Crippen LogP contribution in [-0.4, -0.2) is 11.6 Å². The van der Waals surface area contributed by atoms with Crippen molar-refractivity contribution in [2.75, 3.05) is 11.9 Å². The topological polar surface area (TPSA) is 34.1 Å². The van der Waals surface area contributed by atoms with E-state index >= 15 is 0 Å². The Morgan fingerprint density at radius 1 is 1.44 bits per heavy atom. The Bertz CT molecular complexity index is 562. The van der Waals surface area contributed by atoms with Crippen molar-refractivity contribution in [1.82, 2.24) is 4.98 Å². The minimum Gasteiger partial charge on any atom is -0.479 e. The molecule has 0 unspecified atom stereocenters. The highest BCUT2D eigenvalue weighted by molar-refractivity contribution is 7.15. The van der Waals surface area contributed by atoms with E-state index in [1.54, 1.807) is 6.20 Å². The van der Waals surface area contributed by atoms with Gasteiger partial charge in [-0.3, -0.25) is 0 Å². The smallest absolute Gasteiger partial charge is 0.183 e. The van der Waals surface area contributed by atoms with Crippen LogP contribution in [0.15, 0.2) is 30.5 Å². The second kappa shape index (κ2) is 6.29. The molecule has 0 radical (unpaired) electrons. The molecule has 0 amide bonds. The Labute approximate surface area is 115 Å². The van der Waals surface area contributed by atoms with Crippen LogP contribution in [-0.2, 0) is 6.54 Å². The van der Waals surface area contributed by atoms with E-state index in [0.29, 0.717) is 11.0 Å². The lowest BCUT2D eigenvalue weighted by Gasteiger charge is -2.10. The molecule has 1 aromatic carbocycles. The van der Waals surface area contributed by atoms with Gasteiger partial charge in [0.15, 0.2) is 4.47 Å². The van der Waals surface area contributed by atoms with Crippen LogP contribution in [0.3, 0.4) is 0 Å². The number of para-hydroxylation sites is 2. The highest BCUT2D eigenvalue weighted by Crippen LogP contribution is 2.25. The first kappa shape index (κ1) is 12.7. The van der Waals surface area contributed by atoms with Gasteiger partial charge in [0.25, 0.3) is 0 Å². The average Bonchev–Trinajstić information content (AvgIpc) is 2.81. The molecule has 92 valence electrons. The van der Waals surface area contributed by atoms with Gasteiger partial charge < -0.3 is 10.1 Å². The first-order valence-electron chi connectivity index (χ1n) is 5.29. The summed E-state index contributed by atoms with van der Waals surface area (Å²) < 4.78 is 5.99. The van der Waals surface area contributed by atoms with Crippen LogP contribution in [0.4, 0.5) is 5.69 Å². The van der Waals surface area contributed by atoms with Crippen LogP contribution in [0, 0.1) is 12.3 Å². The first-order valence-corrected chi connectivity index (χ1v) is 6.48. The van der Waals surface area contributed by atoms with Gasteiger partial charge in [0.1, 0.15) is 12.4 Å². The van der Waals surface area contributed by atoms with Crippen LogP contribution in [0.5, 0.6) is 5.75 Å². The number of terminal acetylenes is 1. The van der Waals surface area contributed by atoms with Crippen molar-refractivity contribution in [1.29, 1.82) is 0 Å². The SMILES string of the molecule is C#CCOc1ccccc1NCc1cnc(Cl)s1. The highest BCUT2D eigenvalue weighted by Gasteiger charge is 2.03. The van der Waals surface area contributed by atoms with E-state index in [0.717, 1.165) is 16.3 Å². The summed E-state index contributed by atoms with van der Waals surface area (Å²) in [5.41, 5.74) is 0.900. The fourth-order valence-corrected chi connectivity index (χ4v) is 2.32. The van der Waals surface area contributed by atoms with E-state index < -0.39 is 0 Å². The normalized spacial score (nSPS) is 9.78. The number of nitrogens with zero attached hydrogens (tertiary/aromatic N) is 1. The summed E-state index contributed by atoms with van der Waals surface area (Å²) in [5, 5.41) is 3.27. The number of nitrogens with one attached hydrogen (secondary N) is 1. The van der Waals surface area contributed by atoms with Gasteiger partial charge in [-0.2, -0.15) is 0 Å². The summed E-state index contributed by atoms with van der Waals surface area (Å²) in [4.78, 5) is 5.05. The molecular weight excluding hydrogens is 268 g/mol. The maximum Gasteiger partial charge on any atom is 0.183 e. The maximum absolute atomic E-state index is 5.77. The fraction of sp³-hybridized carbons (Fsp3) is 0.154. The summed E-state index contributed by atoms with van der Waals surface area (Å²) in [6.45, 7) is 0.909. The second-order valence-corrected chi connectivity index (χ2v) is 5.12.